The van der Waals surface area contributed by atoms with Crippen LogP contribution in [0.5, 0.6) is 0 Å². The lowest BCUT2D eigenvalue weighted by Crippen LogP contribution is -2.09. The van der Waals surface area contributed by atoms with Crippen molar-refractivity contribution in [2.45, 2.75) is 18.7 Å². The summed E-state index contributed by atoms with van der Waals surface area (Å²) in [5.74, 6) is 0. The van der Waals surface area contributed by atoms with E-state index in [0.717, 1.165) is 12.3 Å². The average Bonchev–Trinajstić information content (AvgIpc) is 3.01. The zero-order chi connectivity index (χ0) is 26.3. The fourth-order valence-electron chi connectivity index (χ4n) is 5.60. The SMILES string of the molecule is c1ccc(P(CCCP(Cc2cccc3ccccc23)c2ccccc2)Cc2cccc3ccccc23)cc1. The van der Waals surface area contributed by atoms with Gasteiger partial charge in [0.2, 0.25) is 0 Å². The number of hydrogen-bond acceptors (Lipinski definition) is 0. The molecule has 0 aliphatic rings. The number of benzene rings is 6. The molecule has 39 heavy (non-hydrogen) atoms. The zero-order valence-electron chi connectivity index (χ0n) is 22.3. The van der Waals surface area contributed by atoms with E-state index in [1.54, 1.807) is 0 Å². The molecular weight excluding hydrogens is 506 g/mol. The number of fused-ring (bicyclic) bond motifs is 2. The van der Waals surface area contributed by atoms with E-state index in [1.807, 2.05) is 0 Å². The molecule has 6 aromatic carbocycles. The molecule has 0 aliphatic heterocycles. The third-order valence-corrected chi connectivity index (χ3v) is 12.8. The molecule has 192 valence electrons. The molecule has 0 fully saturated rings. The normalized spacial score (nSPS) is 12.9. The highest BCUT2D eigenvalue weighted by molar-refractivity contribution is 7.65. The molecule has 0 aliphatic carbocycles. The standard InChI is InChI=1S/C37H34P2/c1-3-20-34(21-4-1)38(28-32-18-11-16-30-14-7-9-24-36(30)32)26-13-27-39(35-22-5-2-6-23-35)29-33-19-12-17-31-15-8-10-25-37(31)33/h1-12,14-25H,13,26-29H2. The number of hydrogen-bond donors (Lipinski definition) is 0. The lowest BCUT2D eigenvalue weighted by molar-refractivity contribution is 1.10. The molecular formula is C37H34P2. The Hall–Kier alpha value is -3.30. The Morgan fingerprint density at radius 2 is 0.744 bits per heavy atom. The van der Waals surface area contributed by atoms with Gasteiger partial charge >= 0.3 is 0 Å². The van der Waals surface area contributed by atoms with Crippen molar-refractivity contribution >= 4 is 48.0 Å². The van der Waals surface area contributed by atoms with Crippen LogP contribution in [-0.4, -0.2) is 12.3 Å². The van der Waals surface area contributed by atoms with Crippen LogP contribution in [0, 0.1) is 0 Å². The first-order chi connectivity index (χ1) is 19.3. The quantitative estimate of drug-likeness (QED) is 0.152. The van der Waals surface area contributed by atoms with Crippen LogP contribution in [0.4, 0.5) is 0 Å². The van der Waals surface area contributed by atoms with Crippen molar-refractivity contribution in [1.29, 1.82) is 0 Å². The van der Waals surface area contributed by atoms with Gasteiger partial charge < -0.3 is 0 Å². The molecule has 0 nitrogen and oxygen atoms in total. The first kappa shape index (κ1) is 26.0. The molecule has 6 rings (SSSR count). The lowest BCUT2D eigenvalue weighted by Gasteiger charge is -2.23. The van der Waals surface area contributed by atoms with Crippen molar-refractivity contribution in [3.63, 3.8) is 0 Å². The predicted octanol–water partition coefficient (Wildman–Crippen LogP) is 9.70. The van der Waals surface area contributed by atoms with Gasteiger partial charge in [-0.3, -0.25) is 0 Å². The summed E-state index contributed by atoms with van der Waals surface area (Å²) in [7, 11) is -0.564. The van der Waals surface area contributed by atoms with Gasteiger partial charge in [0.1, 0.15) is 0 Å². The maximum Gasteiger partial charge on any atom is -0.00266 e. The summed E-state index contributed by atoms with van der Waals surface area (Å²) in [6.07, 6.45) is 6.09. The molecule has 0 spiro atoms. The Labute approximate surface area is 235 Å². The highest BCUT2D eigenvalue weighted by Gasteiger charge is 2.17. The van der Waals surface area contributed by atoms with Gasteiger partial charge in [-0.1, -0.05) is 161 Å². The maximum absolute atomic E-state index is 2.35. The van der Waals surface area contributed by atoms with E-state index in [0.29, 0.717) is 0 Å². The topological polar surface area (TPSA) is 0 Å². The second-order valence-corrected chi connectivity index (χ2v) is 14.9. The van der Waals surface area contributed by atoms with Crippen LogP contribution in [0.3, 0.4) is 0 Å². The molecule has 2 unspecified atom stereocenters. The smallest absolute Gasteiger partial charge is 0.00266 e. The first-order valence-electron chi connectivity index (χ1n) is 13.9. The van der Waals surface area contributed by atoms with Crippen molar-refractivity contribution in [2.75, 3.05) is 12.3 Å². The summed E-state index contributed by atoms with van der Waals surface area (Å²) >= 11 is 0. The molecule has 0 saturated carbocycles. The third-order valence-electron chi connectivity index (χ3n) is 7.58. The molecule has 0 radical (unpaired) electrons. The van der Waals surface area contributed by atoms with E-state index in [4.69, 9.17) is 0 Å². The molecule has 2 heteroatoms. The van der Waals surface area contributed by atoms with E-state index < -0.39 is 0 Å². The van der Waals surface area contributed by atoms with Crippen LogP contribution in [0.25, 0.3) is 21.5 Å². The second-order valence-electron chi connectivity index (χ2n) is 10.1. The van der Waals surface area contributed by atoms with Gasteiger partial charge in [-0.05, 0) is 74.3 Å². The highest BCUT2D eigenvalue weighted by atomic mass is 31.1. The summed E-state index contributed by atoms with van der Waals surface area (Å²) < 4.78 is 0. The molecule has 0 bridgehead atoms. The van der Waals surface area contributed by atoms with E-state index >= 15 is 0 Å². The van der Waals surface area contributed by atoms with Gasteiger partial charge in [0.25, 0.3) is 0 Å². The van der Waals surface area contributed by atoms with E-state index in [1.165, 1.54) is 62.0 Å². The van der Waals surface area contributed by atoms with Gasteiger partial charge in [0.05, 0.1) is 0 Å². The van der Waals surface area contributed by atoms with E-state index in [2.05, 4.69) is 146 Å². The summed E-state index contributed by atoms with van der Waals surface area (Å²) in [4.78, 5) is 0. The van der Waals surface area contributed by atoms with Gasteiger partial charge in [0, 0.05) is 0 Å². The van der Waals surface area contributed by atoms with Gasteiger partial charge in [-0.15, -0.1) is 0 Å². The monoisotopic (exact) mass is 540 g/mol. The van der Waals surface area contributed by atoms with Crippen molar-refractivity contribution in [1.82, 2.24) is 0 Å². The Morgan fingerprint density at radius 3 is 1.21 bits per heavy atom. The maximum atomic E-state index is 2.35. The third kappa shape index (κ3) is 6.31. The Bertz CT molecular complexity index is 1510. The molecule has 6 aromatic rings. The van der Waals surface area contributed by atoms with Gasteiger partial charge in [0.15, 0.2) is 0 Å². The van der Waals surface area contributed by atoms with Gasteiger partial charge in [-0.2, -0.15) is 0 Å². The zero-order valence-corrected chi connectivity index (χ0v) is 24.1. The fourth-order valence-corrected chi connectivity index (χ4v) is 10.7. The lowest BCUT2D eigenvalue weighted by atomic mass is 10.1. The minimum atomic E-state index is -0.282. The van der Waals surface area contributed by atoms with Crippen LogP contribution in [-0.2, 0) is 12.3 Å². The van der Waals surface area contributed by atoms with E-state index in [9.17, 15) is 0 Å². The average molecular weight is 541 g/mol. The van der Waals surface area contributed by atoms with E-state index in [-0.39, 0.29) is 15.8 Å². The molecule has 0 saturated heterocycles. The van der Waals surface area contributed by atoms with Crippen molar-refractivity contribution in [3.05, 3.63) is 157 Å². The summed E-state index contributed by atoms with van der Waals surface area (Å²) in [5, 5.41) is 8.57. The van der Waals surface area contributed by atoms with Gasteiger partial charge in [-0.25, -0.2) is 0 Å². The van der Waals surface area contributed by atoms with Crippen LogP contribution in [0.15, 0.2) is 146 Å². The Balaban J connectivity index is 1.24. The Morgan fingerprint density at radius 1 is 0.359 bits per heavy atom. The summed E-state index contributed by atoms with van der Waals surface area (Å²) in [5.41, 5.74) is 2.98. The minimum Gasteiger partial charge on any atom is -0.0708 e. The summed E-state index contributed by atoms with van der Waals surface area (Å²) in [6, 6.07) is 53.9. The molecule has 0 aromatic heterocycles. The first-order valence-corrected chi connectivity index (χ1v) is 17.3. The van der Waals surface area contributed by atoms with Crippen molar-refractivity contribution in [3.8, 4) is 0 Å². The fraction of sp³-hybridized carbons (Fsp3) is 0.135. The number of rotatable bonds is 10. The molecule has 2 atom stereocenters. The predicted molar refractivity (Wildman–Crippen MR) is 176 cm³/mol. The van der Waals surface area contributed by atoms with Crippen molar-refractivity contribution < 1.29 is 0 Å². The largest absolute Gasteiger partial charge is 0.0708 e. The Kier molecular flexibility index (Phi) is 8.45. The summed E-state index contributed by atoms with van der Waals surface area (Å²) in [6.45, 7) is 0. The second kappa shape index (κ2) is 12.7. The van der Waals surface area contributed by atoms with Crippen LogP contribution in [0.1, 0.15) is 17.5 Å². The van der Waals surface area contributed by atoms with Crippen LogP contribution >= 0.6 is 15.8 Å². The molecule has 0 N–H and O–H groups in total. The molecule has 0 amide bonds. The molecule has 0 heterocycles. The highest BCUT2D eigenvalue weighted by Crippen LogP contribution is 2.45. The van der Waals surface area contributed by atoms with Crippen LogP contribution in [0.2, 0.25) is 0 Å². The minimum absolute atomic E-state index is 0.282. The van der Waals surface area contributed by atoms with Crippen LogP contribution < -0.4 is 10.6 Å². The van der Waals surface area contributed by atoms with Crippen molar-refractivity contribution in [2.24, 2.45) is 0 Å².